The molecule has 0 saturated carbocycles. The second kappa shape index (κ2) is 11.8. The molecule has 0 spiro atoms. The van der Waals surface area contributed by atoms with Crippen LogP contribution in [0, 0.1) is 0 Å². The van der Waals surface area contributed by atoms with E-state index in [1.807, 2.05) is 0 Å². The second-order valence-corrected chi connectivity index (χ2v) is 6.03. The third-order valence-electron chi connectivity index (χ3n) is 3.93. The molecular weight excluding hydrogens is 242 g/mol. The maximum absolute atomic E-state index is 3.57. The predicted octanol–water partition coefficient (Wildman–Crippen LogP) is 6.41. The number of hydrogen-bond acceptors (Lipinski definition) is 1. The zero-order valence-corrected chi connectivity index (χ0v) is 13.5. The first-order valence-corrected chi connectivity index (χ1v) is 8.64. The molecule has 1 aromatic carbocycles. The lowest BCUT2D eigenvalue weighted by Gasteiger charge is -2.14. The van der Waals surface area contributed by atoms with Crippen molar-refractivity contribution in [3.05, 3.63) is 30.3 Å². The van der Waals surface area contributed by atoms with Gasteiger partial charge in [-0.3, -0.25) is 0 Å². The van der Waals surface area contributed by atoms with Crippen molar-refractivity contribution in [3.63, 3.8) is 0 Å². The number of benzene rings is 1. The van der Waals surface area contributed by atoms with Crippen molar-refractivity contribution in [2.45, 2.75) is 84.1 Å². The summed E-state index contributed by atoms with van der Waals surface area (Å²) in [5.41, 5.74) is 1.25. The summed E-state index contributed by atoms with van der Waals surface area (Å²) in [7, 11) is 0. The van der Waals surface area contributed by atoms with Crippen molar-refractivity contribution in [1.29, 1.82) is 0 Å². The molecule has 0 aliphatic rings. The smallest absolute Gasteiger partial charge is 0.0342 e. The van der Waals surface area contributed by atoms with Crippen LogP contribution in [0.1, 0.15) is 78.1 Å². The molecule has 1 atom stereocenters. The second-order valence-electron chi connectivity index (χ2n) is 6.03. The van der Waals surface area contributed by atoms with Crippen LogP contribution in [0.2, 0.25) is 0 Å². The summed E-state index contributed by atoms with van der Waals surface area (Å²) in [5, 5.41) is 3.57. The normalized spacial score (nSPS) is 12.3. The van der Waals surface area contributed by atoms with Crippen molar-refractivity contribution in [1.82, 2.24) is 0 Å². The van der Waals surface area contributed by atoms with Crippen molar-refractivity contribution in [3.8, 4) is 0 Å². The minimum absolute atomic E-state index is 0.585. The summed E-state index contributed by atoms with van der Waals surface area (Å²) in [6, 6.07) is 11.1. The van der Waals surface area contributed by atoms with Gasteiger partial charge in [0.15, 0.2) is 0 Å². The largest absolute Gasteiger partial charge is 0.383 e. The molecule has 0 radical (unpaired) electrons. The Morgan fingerprint density at radius 1 is 0.800 bits per heavy atom. The Labute approximate surface area is 126 Å². The Hall–Kier alpha value is -0.980. The monoisotopic (exact) mass is 275 g/mol. The highest BCUT2D eigenvalue weighted by molar-refractivity contribution is 5.43. The van der Waals surface area contributed by atoms with E-state index in [2.05, 4.69) is 49.5 Å². The highest BCUT2D eigenvalue weighted by Gasteiger charge is 2.01. The maximum Gasteiger partial charge on any atom is 0.0342 e. The minimum Gasteiger partial charge on any atom is -0.383 e. The molecule has 1 nitrogen and oxygen atoms in total. The first kappa shape index (κ1) is 17.1. The molecule has 0 fully saturated rings. The first-order chi connectivity index (χ1) is 9.83. The van der Waals surface area contributed by atoms with E-state index in [4.69, 9.17) is 0 Å². The molecule has 0 heterocycles. The van der Waals surface area contributed by atoms with Gasteiger partial charge in [-0.05, 0) is 25.5 Å². The Kier molecular flexibility index (Phi) is 10.1. The van der Waals surface area contributed by atoms with Crippen LogP contribution in [0.25, 0.3) is 0 Å². The van der Waals surface area contributed by atoms with Gasteiger partial charge >= 0.3 is 0 Å². The molecule has 0 amide bonds. The molecule has 0 aliphatic carbocycles. The number of nitrogens with one attached hydrogen (secondary N) is 1. The topological polar surface area (TPSA) is 12.0 Å². The van der Waals surface area contributed by atoms with E-state index in [9.17, 15) is 0 Å². The number of hydrogen-bond donors (Lipinski definition) is 1. The molecule has 20 heavy (non-hydrogen) atoms. The molecule has 1 aromatic rings. The van der Waals surface area contributed by atoms with Crippen LogP contribution in [-0.4, -0.2) is 6.04 Å². The van der Waals surface area contributed by atoms with Gasteiger partial charge in [-0.2, -0.15) is 0 Å². The zero-order valence-electron chi connectivity index (χ0n) is 13.5. The van der Waals surface area contributed by atoms with Crippen LogP contribution in [0.3, 0.4) is 0 Å². The standard InChI is InChI=1S/C19H33N/c1-3-4-5-6-7-8-9-10-12-15-18(2)20-19-16-13-11-14-17-19/h11,13-14,16-18,20H,3-10,12,15H2,1-2H3. The molecule has 0 saturated heterocycles. The Bertz CT molecular complexity index is 307. The zero-order chi connectivity index (χ0) is 14.5. The average molecular weight is 275 g/mol. The van der Waals surface area contributed by atoms with Crippen LogP contribution < -0.4 is 5.32 Å². The van der Waals surface area contributed by atoms with Gasteiger partial charge in [0.05, 0.1) is 0 Å². The van der Waals surface area contributed by atoms with Gasteiger partial charge in [0.1, 0.15) is 0 Å². The Morgan fingerprint density at radius 3 is 1.95 bits per heavy atom. The van der Waals surface area contributed by atoms with Gasteiger partial charge in [-0.1, -0.05) is 82.9 Å². The average Bonchev–Trinajstić information content (AvgIpc) is 2.46. The third-order valence-corrected chi connectivity index (χ3v) is 3.93. The van der Waals surface area contributed by atoms with E-state index in [0.29, 0.717) is 6.04 Å². The Balaban J connectivity index is 1.91. The SMILES string of the molecule is CCCCCCCCCCCC(C)Nc1ccccc1. The first-order valence-electron chi connectivity index (χ1n) is 8.64. The molecular formula is C19H33N. The predicted molar refractivity (Wildman–Crippen MR) is 91.4 cm³/mol. The lowest BCUT2D eigenvalue weighted by Crippen LogP contribution is -2.14. The van der Waals surface area contributed by atoms with Crippen LogP contribution in [-0.2, 0) is 0 Å². The number of unbranched alkanes of at least 4 members (excludes halogenated alkanes) is 8. The number of anilines is 1. The van der Waals surface area contributed by atoms with E-state index in [0.717, 1.165) is 0 Å². The van der Waals surface area contributed by atoms with Gasteiger partial charge in [0, 0.05) is 11.7 Å². The van der Waals surface area contributed by atoms with Gasteiger partial charge < -0.3 is 5.32 Å². The van der Waals surface area contributed by atoms with Crippen LogP contribution in [0.5, 0.6) is 0 Å². The highest BCUT2D eigenvalue weighted by atomic mass is 14.9. The number of para-hydroxylation sites is 1. The van der Waals surface area contributed by atoms with E-state index in [1.165, 1.54) is 69.9 Å². The fourth-order valence-corrected chi connectivity index (χ4v) is 2.65. The summed E-state index contributed by atoms with van der Waals surface area (Å²) < 4.78 is 0. The fraction of sp³-hybridized carbons (Fsp3) is 0.684. The van der Waals surface area contributed by atoms with E-state index >= 15 is 0 Å². The molecule has 0 aromatic heterocycles. The molecule has 0 aliphatic heterocycles. The van der Waals surface area contributed by atoms with Gasteiger partial charge in [-0.15, -0.1) is 0 Å². The van der Waals surface area contributed by atoms with Gasteiger partial charge in [-0.25, -0.2) is 0 Å². The quantitative estimate of drug-likeness (QED) is 0.435. The fourth-order valence-electron chi connectivity index (χ4n) is 2.65. The van der Waals surface area contributed by atoms with Crippen molar-refractivity contribution in [2.75, 3.05) is 5.32 Å². The van der Waals surface area contributed by atoms with E-state index < -0.39 is 0 Å². The third kappa shape index (κ3) is 9.01. The van der Waals surface area contributed by atoms with E-state index in [-0.39, 0.29) is 0 Å². The highest BCUT2D eigenvalue weighted by Crippen LogP contribution is 2.13. The summed E-state index contributed by atoms with van der Waals surface area (Å²) in [6.07, 6.45) is 14.0. The summed E-state index contributed by atoms with van der Waals surface area (Å²) in [6.45, 7) is 4.57. The van der Waals surface area contributed by atoms with Crippen molar-refractivity contribution in [2.24, 2.45) is 0 Å². The lowest BCUT2D eigenvalue weighted by atomic mass is 10.0. The summed E-state index contributed by atoms with van der Waals surface area (Å²) in [5.74, 6) is 0. The lowest BCUT2D eigenvalue weighted by molar-refractivity contribution is 0.544. The van der Waals surface area contributed by atoms with Gasteiger partial charge in [0.25, 0.3) is 0 Å². The molecule has 1 unspecified atom stereocenters. The molecule has 0 bridgehead atoms. The summed E-state index contributed by atoms with van der Waals surface area (Å²) >= 11 is 0. The maximum atomic E-state index is 3.57. The van der Waals surface area contributed by atoms with Crippen LogP contribution in [0.4, 0.5) is 5.69 Å². The summed E-state index contributed by atoms with van der Waals surface area (Å²) in [4.78, 5) is 0. The molecule has 1 N–H and O–H groups in total. The number of rotatable bonds is 12. The van der Waals surface area contributed by atoms with Crippen molar-refractivity contribution >= 4 is 5.69 Å². The van der Waals surface area contributed by atoms with Gasteiger partial charge in [0.2, 0.25) is 0 Å². The minimum atomic E-state index is 0.585. The van der Waals surface area contributed by atoms with Crippen molar-refractivity contribution < 1.29 is 0 Å². The van der Waals surface area contributed by atoms with Crippen LogP contribution >= 0.6 is 0 Å². The van der Waals surface area contributed by atoms with Crippen LogP contribution in [0.15, 0.2) is 30.3 Å². The van der Waals surface area contributed by atoms with E-state index in [1.54, 1.807) is 0 Å². The molecule has 114 valence electrons. The molecule has 1 rings (SSSR count). The molecule has 1 heteroatoms. The Morgan fingerprint density at radius 2 is 1.35 bits per heavy atom.